The van der Waals surface area contributed by atoms with Crippen LogP contribution < -0.4 is 10.1 Å². The molecule has 1 saturated carbocycles. The van der Waals surface area contributed by atoms with Crippen molar-refractivity contribution >= 4 is 0 Å². The second kappa shape index (κ2) is 5.53. The Labute approximate surface area is 126 Å². The molecule has 0 aliphatic heterocycles. The van der Waals surface area contributed by atoms with E-state index in [1.807, 2.05) is 17.8 Å². The van der Waals surface area contributed by atoms with Gasteiger partial charge < -0.3 is 10.1 Å². The number of rotatable bonds is 5. The van der Waals surface area contributed by atoms with Crippen LogP contribution in [0.5, 0.6) is 5.75 Å². The number of nitrogens with one attached hydrogen (secondary N) is 1. The highest BCUT2D eigenvalue weighted by atomic mass is 16.5. The molecule has 1 aromatic heterocycles. The molecule has 21 heavy (non-hydrogen) atoms. The van der Waals surface area contributed by atoms with Gasteiger partial charge in [0.2, 0.25) is 0 Å². The Bertz CT molecular complexity index is 656. The number of aryl methyl sites for hydroxylation is 2. The molecule has 1 N–H and O–H groups in total. The summed E-state index contributed by atoms with van der Waals surface area (Å²) in [5.74, 6) is 0.908. The molecular weight excluding hydrogens is 262 g/mol. The van der Waals surface area contributed by atoms with Crippen molar-refractivity contribution < 1.29 is 4.74 Å². The first kappa shape index (κ1) is 14.1. The maximum absolute atomic E-state index is 5.39. The standard InChI is InChI=1S/C17H23N3O/c1-11-17(12(2)20(3)19-11)16-8-7-15(21-4)9-13(16)10-18-14-5-6-14/h7-9,14,18H,5-6,10H2,1-4H3. The van der Waals surface area contributed by atoms with Gasteiger partial charge in [-0.05, 0) is 49.9 Å². The fraction of sp³-hybridized carbons (Fsp3) is 0.471. The highest BCUT2D eigenvalue weighted by molar-refractivity contribution is 5.72. The smallest absolute Gasteiger partial charge is 0.119 e. The molecule has 4 nitrogen and oxygen atoms in total. The van der Waals surface area contributed by atoms with E-state index in [2.05, 4.69) is 36.4 Å². The van der Waals surface area contributed by atoms with Gasteiger partial charge in [-0.15, -0.1) is 0 Å². The van der Waals surface area contributed by atoms with Gasteiger partial charge in [0.15, 0.2) is 0 Å². The Morgan fingerprint density at radius 3 is 2.67 bits per heavy atom. The quantitative estimate of drug-likeness (QED) is 0.918. The zero-order valence-electron chi connectivity index (χ0n) is 13.2. The largest absolute Gasteiger partial charge is 0.497 e. The van der Waals surface area contributed by atoms with E-state index < -0.39 is 0 Å². The second-order valence-corrected chi connectivity index (χ2v) is 5.85. The summed E-state index contributed by atoms with van der Waals surface area (Å²) in [6.45, 7) is 5.08. The molecule has 0 amide bonds. The topological polar surface area (TPSA) is 39.1 Å². The van der Waals surface area contributed by atoms with E-state index in [9.17, 15) is 0 Å². The summed E-state index contributed by atoms with van der Waals surface area (Å²) in [7, 11) is 3.71. The molecule has 1 aliphatic carbocycles. The molecule has 1 aliphatic rings. The van der Waals surface area contributed by atoms with E-state index in [1.54, 1.807) is 7.11 Å². The van der Waals surface area contributed by atoms with E-state index in [4.69, 9.17) is 4.74 Å². The summed E-state index contributed by atoms with van der Waals surface area (Å²) in [6.07, 6.45) is 2.59. The molecule has 0 saturated heterocycles. The Balaban J connectivity index is 2.02. The fourth-order valence-corrected chi connectivity index (χ4v) is 2.79. The van der Waals surface area contributed by atoms with Crippen LogP contribution in [0.1, 0.15) is 29.8 Å². The average Bonchev–Trinajstić information content (AvgIpc) is 3.26. The van der Waals surface area contributed by atoms with Crippen LogP contribution in [0.4, 0.5) is 0 Å². The number of methoxy groups -OCH3 is 1. The molecule has 0 unspecified atom stereocenters. The lowest BCUT2D eigenvalue weighted by molar-refractivity contribution is 0.414. The van der Waals surface area contributed by atoms with Gasteiger partial charge in [0.05, 0.1) is 12.8 Å². The molecule has 0 radical (unpaired) electrons. The molecular formula is C17H23N3O. The monoisotopic (exact) mass is 285 g/mol. The van der Waals surface area contributed by atoms with Gasteiger partial charge >= 0.3 is 0 Å². The van der Waals surface area contributed by atoms with E-state index >= 15 is 0 Å². The van der Waals surface area contributed by atoms with Crippen molar-refractivity contribution in [3.05, 3.63) is 35.2 Å². The van der Waals surface area contributed by atoms with Crippen LogP contribution in [-0.2, 0) is 13.6 Å². The first-order valence-electron chi connectivity index (χ1n) is 7.51. The normalized spacial score (nSPS) is 14.5. The van der Waals surface area contributed by atoms with Gasteiger partial charge in [0.25, 0.3) is 0 Å². The van der Waals surface area contributed by atoms with Crippen LogP contribution in [0.25, 0.3) is 11.1 Å². The predicted octanol–water partition coefficient (Wildman–Crippen LogP) is 2.96. The lowest BCUT2D eigenvalue weighted by Gasteiger charge is -2.13. The molecule has 0 atom stereocenters. The minimum absolute atomic E-state index is 0.695. The lowest BCUT2D eigenvalue weighted by Crippen LogP contribution is -2.16. The Morgan fingerprint density at radius 2 is 2.10 bits per heavy atom. The zero-order valence-corrected chi connectivity index (χ0v) is 13.2. The van der Waals surface area contributed by atoms with Crippen molar-refractivity contribution in [1.29, 1.82) is 0 Å². The highest BCUT2D eigenvalue weighted by Gasteiger charge is 2.22. The van der Waals surface area contributed by atoms with Crippen molar-refractivity contribution in [1.82, 2.24) is 15.1 Å². The maximum Gasteiger partial charge on any atom is 0.119 e. The van der Waals surface area contributed by atoms with E-state index in [1.165, 1.54) is 35.2 Å². The van der Waals surface area contributed by atoms with E-state index in [0.717, 1.165) is 18.0 Å². The minimum Gasteiger partial charge on any atom is -0.497 e. The van der Waals surface area contributed by atoms with Gasteiger partial charge in [-0.2, -0.15) is 5.10 Å². The molecule has 1 aromatic carbocycles. The molecule has 0 spiro atoms. The molecule has 1 heterocycles. The maximum atomic E-state index is 5.39. The summed E-state index contributed by atoms with van der Waals surface area (Å²) in [4.78, 5) is 0. The summed E-state index contributed by atoms with van der Waals surface area (Å²) in [6, 6.07) is 7.01. The van der Waals surface area contributed by atoms with Crippen LogP contribution >= 0.6 is 0 Å². The Morgan fingerprint density at radius 1 is 1.33 bits per heavy atom. The van der Waals surface area contributed by atoms with Gasteiger partial charge in [-0.3, -0.25) is 4.68 Å². The zero-order chi connectivity index (χ0) is 15.0. The number of ether oxygens (including phenoxy) is 1. The molecule has 4 heteroatoms. The SMILES string of the molecule is COc1ccc(-c2c(C)nn(C)c2C)c(CNC2CC2)c1. The van der Waals surface area contributed by atoms with Crippen LogP contribution in [0.2, 0.25) is 0 Å². The van der Waals surface area contributed by atoms with E-state index in [-0.39, 0.29) is 0 Å². The van der Waals surface area contributed by atoms with Crippen LogP contribution in [0.15, 0.2) is 18.2 Å². The van der Waals surface area contributed by atoms with Crippen molar-refractivity contribution in [3.63, 3.8) is 0 Å². The third-order valence-corrected chi connectivity index (χ3v) is 4.25. The Kier molecular flexibility index (Phi) is 3.72. The molecule has 1 fully saturated rings. The van der Waals surface area contributed by atoms with E-state index in [0.29, 0.717) is 6.04 Å². The number of nitrogens with zero attached hydrogens (tertiary/aromatic N) is 2. The number of aromatic nitrogens is 2. The van der Waals surface area contributed by atoms with Gasteiger partial charge in [-0.25, -0.2) is 0 Å². The van der Waals surface area contributed by atoms with Gasteiger partial charge in [0.1, 0.15) is 5.75 Å². The summed E-state index contributed by atoms with van der Waals surface area (Å²) >= 11 is 0. The lowest BCUT2D eigenvalue weighted by atomic mass is 9.97. The summed E-state index contributed by atoms with van der Waals surface area (Å²) in [5.41, 5.74) is 6.05. The number of benzene rings is 1. The van der Waals surface area contributed by atoms with Gasteiger partial charge in [-0.1, -0.05) is 6.07 Å². The summed E-state index contributed by atoms with van der Waals surface area (Å²) < 4.78 is 7.34. The molecule has 0 bridgehead atoms. The van der Waals surface area contributed by atoms with Crippen molar-refractivity contribution in [2.24, 2.45) is 7.05 Å². The molecule has 3 rings (SSSR count). The Hall–Kier alpha value is -1.81. The van der Waals surface area contributed by atoms with Crippen LogP contribution in [-0.4, -0.2) is 22.9 Å². The first-order chi connectivity index (χ1) is 10.1. The van der Waals surface area contributed by atoms with Crippen molar-refractivity contribution in [3.8, 4) is 16.9 Å². The van der Waals surface area contributed by atoms with Crippen LogP contribution in [0, 0.1) is 13.8 Å². The third kappa shape index (κ3) is 2.81. The summed E-state index contributed by atoms with van der Waals surface area (Å²) in [5, 5.41) is 8.14. The van der Waals surface area contributed by atoms with Gasteiger partial charge in [0, 0.05) is 30.9 Å². The van der Waals surface area contributed by atoms with Crippen molar-refractivity contribution in [2.75, 3.05) is 7.11 Å². The third-order valence-electron chi connectivity index (χ3n) is 4.25. The van der Waals surface area contributed by atoms with Crippen molar-refractivity contribution in [2.45, 2.75) is 39.3 Å². The second-order valence-electron chi connectivity index (χ2n) is 5.85. The predicted molar refractivity (Wildman–Crippen MR) is 84.5 cm³/mol. The number of hydrogen-bond acceptors (Lipinski definition) is 3. The molecule has 112 valence electrons. The van der Waals surface area contributed by atoms with Crippen LogP contribution in [0.3, 0.4) is 0 Å². The fourth-order valence-electron chi connectivity index (χ4n) is 2.79. The highest BCUT2D eigenvalue weighted by Crippen LogP contribution is 2.32. The number of hydrogen-bond donors (Lipinski definition) is 1. The first-order valence-corrected chi connectivity index (χ1v) is 7.51. The average molecular weight is 285 g/mol. The minimum atomic E-state index is 0.695. The molecule has 2 aromatic rings.